The van der Waals surface area contributed by atoms with Gasteiger partial charge in [0.05, 0.1) is 5.69 Å². The normalized spacial score (nSPS) is 15.5. The number of aromatic nitrogens is 1. The van der Waals surface area contributed by atoms with E-state index in [1.165, 1.54) is 5.56 Å². The zero-order chi connectivity index (χ0) is 17.1. The summed E-state index contributed by atoms with van der Waals surface area (Å²) in [5.74, 6) is 1.53. The highest BCUT2D eigenvalue weighted by molar-refractivity contribution is 5.96. The summed E-state index contributed by atoms with van der Waals surface area (Å²) in [5, 5.41) is 3.98. The van der Waals surface area contributed by atoms with Crippen molar-refractivity contribution in [3.05, 3.63) is 46.8 Å². The van der Waals surface area contributed by atoms with Gasteiger partial charge in [0.25, 0.3) is 5.91 Å². The minimum Gasteiger partial charge on any atom is -0.490 e. The van der Waals surface area contributed by atoms with Gasteiger partial charge in [0.15, 0.2) is 0 Å². The quantitative estimate of drug-likeness (QED) is 0.861. The maximum Gasteiger partial charge on any atom is 0.259 e. The first-order chi connectivity index (χ1) is 11.6. The van der Waals surface area contributed by atoms with Crippen LogP contribution in [0.2, 0.25) is 0 Å². The van der Waals surface area contributed by atoms with Gasteiger partial charge in [-0.25, -0.2) is 0 Å². The molecule has 1 fully saturated rings. The first-order valence-corrected chi connectivity index (χ1v) is 8.56. The van der Waals surface area contributed by atoms with Gasteiger partial charge in [0.2, 0.25) is 0 Å². The van der Waals surface area contributed by atoms with Gasteiger partial charge in [-0.15, -0.1) is 0 Å². The van der Waals surface area contributed by atoms with Crippen LogP contribution in [0, 0.1) is 13.8 Å². The van der Waals surface area contributed by atoms with Crippen LogP contribution in [0.25, 0.3) is 0 Å². The molecule has 0 N–H and O–H groups in total. The van der Waals surface area contributed by atoms with Crippen LogP contribution >= 0.6 is 0 Å². The number of hydrogen-bond donors (Lipinski definition) is 0. The largest absolute Gasteiger partial charge is 0.490 e. The summed E-state index contributed by atoms with van der Waals surface area (Å²) in [6.07, 6.45) is 2.54. The number of carbonyl (C=O) groups excluding carboxylic acids is 1. The van der Waals surface area contributed by atoms with Gasteiger partial charge in [0.1, 0.15) is 23.2 Å². The van der Waals surface area contributed by atoms with Gasteiger partial charge in [-0.1, -0.05) is 29.8 Å². The second-order valence-electron chi connectivity index (χ2n) is 6.34. The molecule has 2 heterocycles. The summed E-state index contributed by atoms with van der Waals surface area (Å²) in [7, 11) is 0. The van der Waals surface area contributed by atoms with E-state index in [-0.39, 0.29) is 12.0 Å². The molecule has 2 aromatic rings. The molecule has 1 aromatic carbocycles. The number of ether oxygens (including phenoxy) is 1. The molecule has 0 aliphatic carbocycles. The van der Waals surface area contributed by atoms with E-state index in [9.17, 15) is 4.79 Å². The van der Waals surface area contributed by atoms with E-state index in [1.54, 1.807) is 6.92 Å². The van der Waals surface area contributed by atoms with Crippen molar-refractivity contribution >= 4 is 5.91 Å². The molecule has 1 amide bonds. The SMILES string of the molecule is CCc1noc(C)c1C(=O)N1CCC(Oc2ccc(C)cc2)CC1. The van der Waals surface area contributed by atoms with Crippen LogP contribution in [0.1, 0.15) is 47.1 Å². The first kappa shape index (κ1) is 16.6. The highest BCUT2D eigenvalue weighted by Crippen LogP contribution is 2.22. The molecule has 5 heteroatoms. The first-order valence-electron chi connectivity index (χ1n) is 8.56. The van der Waals surface area contributed by atoms with Gasteiger partial charge in [-0.05, 0) is 32.4 Å². The van der Waals surface area contributed by atoms with Crippen LogP contribution < -0.4 is 4.74 Å². The Morgan fingerprint density at radius 3 is 2.54 bits per heavy atom. The summed E-state index contributed by atoms with van der Waals surface area (Å²) < 4.78 is 11.2. The van der Waals surface area contributed by atoms with Crippen LogP contribution in [0.5, 0.6) is 5.75 Å². The van der Waals surface area contributed by atoms with Gasteiger partial charge >= 0.3 is 0 Å². The molecule has 0 unspecified atom stereocenters. The fourth-order valence-corrected chi connectivity index (χ4v) is 3.08. The molecule has 0 bridgehead atoms. The Morgan fingerprint density at radius 1 is 1.25 bits per heavy atom. The Kier molecular flexibility index (Phi) is 4.88. The lowest BCUT2D eigenvalue weighted by atomic mass is 10.0. The second-order valence-corrected chi connectivity index (χ2v) is 6.34. The number of amides is 1. The Labute approximate surface area is 142 Å². The van der Waals surface area contributed by atoms with Gasteiger partial charge in [-0.3, -0.25) is 4.79 Å². The molecule has 0 atom stereocenters. The van der Waals surface area contributed by atoms with Crippen molar-refractivity contribution in [3.63, 3.8) is 0 Å². The van der Waals surface area contributed by atoms with Gasteiger partial charge in [0, 0.05) is 25.9 Å². The number of hydrogen-bond acceptors (Lipinski definition) is 4. The maximum absolute atomic E-state index is 12.7. The van der Waals surface area contributed by atoms with Crippen LogP contribution in [-0.4, -0.2) is 35.2 Å². The van der Waals surface area contributed by atoms with E-state index < -0.39 is 0 Å². The predicted molar refractivity (Wildman–Crippen MR) is 91.4 cm³/mol. The molecule has 1 aliphatic heterocycles. The average molecular weight is 328 g/mol. The Morgan fingerprint density at radius 2 is 1.92 bits per heavy atom. The lowest BCUT2D eigenvalue weighted by molar-refractivity contribution is 0.0593. The second kappa shape index (κ2) is 7.07. The highest BCUT2D eigenvalue weighted by atomic mass is 16.5. The molecule has 1 aromatic heterocycles. The summed E-state index contributed by atoms with van der Waals surface area (Å²) in [5.41, 5.74) is 2.60. The third kappa shape index (κ3) is 3.45. The highest BCUT2D eigenvalue weighted by Gasteiger charge is 2.28. The molecule has 5 nitrogen and oxygen atoms in total. The molecule has 1 saturated heterocycles. The van der Waals surface area contributed by atoms with Gasteiger partial charge in [-0.2, -0.15) is 0 Å². The predicted octanol–water partition coefficient (Wildman–Crippen LogP) is 3.54. The Bertz CT molecular complexity index is 698. The molecule has 0 spiro atoms. The summed E-state index contributed by atoms with van der Waals surface area (Å²) in [6.45, 7) is 7.24. The van der Waals surface area contributed by atoms with Crippen molar-refractivity contribution < 1.29 is 14.1 Å². The third-order valence-electron chi connectivity index (χ3n) is 4.54. The van der Waals surface area contributed by atoms with Crippen molar-refractivity contribution in [2.24, 2.45) is 0 Å². The zero-order valence-electron chi connectivity index (χ0n) is 14.5. The lowest BCUT2D eigenvalue weighted by Gasteiger charge is -2.32. The van der Waals surface area contributed by atoms with Crippen molar-refractivity contribution in [2.45, 2.75) is 46.1 Å². The fraction of sp³-hybridized carbons (Fsp3) is 0.474. The van der Waals surface area contributed by atoms with Crippen LogP contribution in [0.3, 0.4) is 0 Å². The number of rotatable bonds is 4. The van der Waals surface area contributed by atoms with E-state index in [1.807, 2.05) is 24.0 Å². The van der Waals surface area contributed by atoms with Crippen LogP contribution in [0.15, 0.2) is 28.8 Å². The summed E-state index contributed by atoms with van der Waals surface area (Å²) in [6, 6.07) is 8.10. The monoisotopic (exact) mass is 328 g/mol. The minimum absolute atomic E-state index is 0.0272. The molecule has 0 saturated carbocycles. The number of likely N-dealkylation sites (tertiary alicyclic amines) is 1. The topological polar surface area (TPSA) is 55.6 Å². The smallest absolute Gasteiger partial charge is 0.259 e. The number of nitrogens with zero attached hydrogens (tertiary/aromatic N) is 2. The Hall–Kier alpha value is -2.30. The summed E-state index contributed by atoms with van der Waals surface area (Å²) >= 11 is 0. The number of carbonyl (C=O) groups is 1. The van der Waals surface area contributed by atoms with Crippen LogP contribution in [0.4, 0.5) is 0 Å². The van der Waals surface area contributed by atoms with E-state index in [4.69, 9.17) is 9.26 Å². The molecule has 0 radical (unpaired) electrons. The number of benzene rings is 1. The van der Waals surface area contributed by atoms with E-state index in [0.29, 0.717) is 30.8 Å². The lowest BCUT2D eigenvalue weighted by Crippen LogP contribution is -2.42. The molecule has 1 aliphatic rings. The van der Waals surface area contributed by atoms with Crippen molar-refractivity contribution in [3.8, 4) is 5.75 Å². The fourth-order valence-electron chi connectivity index (χ4n) is 3.08. The number of piperidine rings is 1. The number of aryl methyl sites for hydroxylation is 3. The average Bonchev–Trinajstić information content (AvgIpc) is 2.98. The Balaban J connectivity index is 1.59. The van der Waals surface area contributed by atoms with E-state index in [0.717, 1.165) is 24.3 Å². The standard InChI is InChI=1S/C19H24N2O3/c1-4-17-18(14(3)24-20-17)19(22)21-11-9-16(10-12-21)23-15-7-5-13(2)6-8-15/h5-8,16H,4,9-12H2,1-3H3. The molecule has 128 valence electrons. The maximum atomic E-state index is 12.7. The van der Waals surface area contributed by atoms with Crippen molar-refractivity contribution in [2.75, 3.05) is 13.1 Å². The van der Waals surface area contributed by atoms with Crippen molar-refractivity contribution in [1.29, 1.82) is 0 Å². The van der Waals surface area contributed by atoms with Gasteiger partial charge < -0.3 is 14.2 Å². The summed E-state index contributed by atoms with van der Waals surface area (Å²) in [4.78, 5) is 14.6. The molecular weight excluding hydrogens is 304 g/mol. The molecular formula is C19H24N2O3. The van der Waals surface area contributed by atoms with E-state index in [2.05, 4.69) is 24.2 Å². The molecule has 3 rings (SSSR count). The minimum atomic E-state index is 0.0272. The third-order valence-corrected chi connectivity index (χ3v) is 4.54. The van der Waals surface area contributed by atoms with Crippen LogP contribution in [-0.2, 0) is 6.42 Å². The zero-order valence-corrected chi connectivity index (χ0v) is 14.5. The van der Waals surface area contributed by atoms with Crippen molar-refractivity contribution in [1.82, 2.24) is 10.1 Å². The molecule has 24 heavy (non-hydrogen) atoms. The van der Waals surface area contributed by atoms with E-state index >= 15 is 0 Å².